The summed E-state index contributed by atoms with van der Waals surface area (Å²) in [5.74, 6) is -0.271. The number of amides is 1. The molecule has 0 aliphatic carbocycles. The number of hydrogen-bond donors (Lipinski definition) is 3. The molecule has 11 heteroatoms. The maximum Gasteiger partial charge on any atom is 0.277 e. The van der Waals surface area contributed by atoms with Gasteiger partial charge in [0.2, 0.25) is 16.0 Å². The first kappa shape index (κ1) is 23.1. The second-order valence-corrected chi connectivity index (χ2v) is 9.67. The number of carbonyl (C=O) groups excluding carboxylic acids is 1. The average Bonchev–Trinajstić information content (AvgIpc) is 2.86. The zero-order valence-electron chi connectivity index (χ0n) is 17.8. The van der Waals surface area contributed by atoms with Gasteiger partial charge in [0.1, 0.15) is 0 Å². The van der Waals surface area contributed by atoms with Crippen LogP contribution in [0.25, 0.3) is 10.8 Å². The fourth-order valence-corrected chi connectivity index (χ4v) is 5.79. The zero-order chi connectivity index (χ0) is 23.4. The van der Waals surface area contributed by atoms with E-state index >= 15 is 0 Å². The number of nitrogens with zero attached hydrogens (tertiary/aromatic N) is 4. The minimum atomic E-state index is -3.80. The second kappa shape index (κ2) is 9.79. The van der Waals surface area contributed by atoms with Crippen LogP contribution in [0.1, 0.15) is 23.2 Å². The van der Waals surface area contributed by atoms with Crippen molar-refractivity contribution in [1.82, 2.24) is 19.8 Å². The van der Waals surface area contributed by atoms with Gasteiger partial charge in [-0.3, -0.25) is 10.0 Å². The Kier molecular flexibility index (Phi) is 6.84. The number of fused-ring (bicyclic) bond motifs is 1. The number of sulfonamides is 1. The van der Waals surface area contributed by atoms with Gasteiger partial charge in [0.25, 0.3) is 5.91 Å². The second-order valence-electron chi connectivity index (χ2n) is 7.78. The summed E-state index contributed by atoms with van der Waals surface area (Å²) in [7, 11) is -3.80. The fraction of sp³-hybridized carbons (Fsp3) is 0.318. The first-order valence-electron chi connectivity index (χ1n) is 10.6. The maximum atomic E-state index is 13.5. The molecule has 1 aliphatic heterocycles. The van der Waals surface area contributed by atoms with Crippen molar-refractivity contribution in [2.24, 2.45) is 0 Å². The van der Waals surface area contributed by atoms with Gasteiger partial charge < -0.3 is 10.0 Å². The number of aliphatic hydroxyl groups is 1. The van der Waals surface area contributed by atoms with Crippen LogP contribution in [0.15, 0.2) is 59.8 Å². The smallest absolute Gasteiger partial charge is 0.277 e. The summed E-state index contributed by atoms with van der Waals surface area (Å²) in [6, 6.07) is 12.4. The first-order valence-corrected chi connectivity index (χ1v) is 12.0. The standard InChI is InChI=1S/C22H25N5O5S/c28-12-11-27(33(31,32)20-6-5-16-3-1-2-4-17(16)13-20)19-7-9-26(10-8-19)22-23-14-18(15-24-22)21(29)25-30/h1-6,13-15,19,28,30H,7-12H2,(H,25,29). The van der Waals surface area contributed by atoms with E-state index < -0.39 is 15.9 Å². The van der Waals surface area contributed by atoms with Crippen LogP contribution in [0.4, 0.5) is 5.95 Å². The minimum Gasteiger partial charge on any atom is -0.395 e. The molecule has 1 amide bonds. The van der Waals surface area contributed by atoms with Gasteiger partial charge in [-0.15, -0.1) is 0 Å². The molecule has 10 nitrogen and oxygen atoms in total. The van der Waals surface area contributed by atoms with Crippen molar-refractivity contribution in [2.45, 2.75) is 23.8 Å². The Labute approximate surface area is 191 Å². The first-order chi connectivity index (χ1) is 15.9. The zero-order valence-corrected chi connectivity index (χ0v) is 18.6. The third-order valence-corrected chi connectivity index (χ3v) is 7.75. The van der Waals surface area contributed by atoms with Crippen molar-refractivity contribution in [3.05, 3.63) is 60.4 Å². The van der Waals surface area contributed by atoms with Gasteiger partial charge in [-0.25, -0.2) is 23.9 Å². The Morgan fingerprint density at radius 1 is 1.09 bits per heavy atom. The number of carbonyl (C=O) groups is 1. The van der Waals surface area contributed by atoms with E-state index in [0.29, 0.717) is 31.9 Å². The predicted molar refractivity (Wildman–Crippen MR) is 121 cm³/mol. The predicted octanol–water partition coefficient (Wildman–Crippen LogP) is 1.40. The molecule has 0 saturated carbocycles. The van der Waals surface area contributed by atoms with E-state index in [4.69, 9.17) is 5.21 Å². The number of aromatic nitrogens is 2. The topological polar surface area (TPSA) is 136 Å². The minimum absolute atomic E-state index is 0.0152. The maximum absolute atomic E-state index is 13.5. The van der Waals surface area contributed by atoms with Crippen LogP contribution in [0, 0.1) is 0 Å². The van der Waals surface area contributed by atoms with E-state index in [1.54, 1.807) is 18.2 Å². The summed E-state index contributed by atoms with van der Waals surface area (Å²) >= 11 is 0. The molecule has 0 radical (unpaired) electrons. The Morgan fingerprint density at radius 2 is 1.76 bits per heavy atom. The molecule has 0 atom stereocenters. The van der Waals surface area contributed by atoms with Crippen molar-refractivity contribution < 1.29 is 23.5 Å². The van der Waals surface area contributed by atoms with E-state index in [9.17, 15) is 18.3 Å². The molecule has 3 N–H and O–H groups in total. The van der Waals surface area contributed by atoms with Crippen LogP contribution in [0.2, 0.25) is 0 Å². The highest BCUT2D eigenvalue weighted by molar-refractivity contribution is 7.89. The monoisotopic (exact) mass is 471 g/mol. The summed E-state index contributed by atoms with van der Waals surface area (Å²) in [4.78, 5) is 21.9. The van der Waals surface area contributed by atoms with Gasteiger partial charge in [-0.1, -0.05) is 30.3 Å². The lowest BCUT2D eigenvalue weighted by atomic mass is 10.1. The Balaban J connectivity index is 1.50. The summed E-state index contributed by atoms with van der Waals surface area (Å²) in [6.07, 6.45) is 3.72. The molecule has 0 bridgehead atoms. The number of hydrogen-bond acceptors (Lipinski definition) is 8. The van der Waals surface area contributed by atoms with Crippen molar-refractivity contribution >= 4 is 32.7 Å². The molecule has 2 aromatic carbocycles. The van der Waals surface area contributed by atoms with Crippen LogP contribution in [0.3, 0.4) is 0 Å². The van der Waals surface area contributed by atoms with Crippen molar-refractivity contribution in [3.63, 3.8) is 0 Å². The SMILES string of the molecule is O=C(NO)c1cnc(N2CCC(N(CCO)S(=O)(=O)c3ccc4ccccc4c3)CC2)nc1. The Bertz CT molecular complexity index is 1230. The van der Waals surface area contributed by atoms with Gasteiger partial charge in [0, 0.05) is 38.1 Å². The lowest BCUT2D eigenvalue weighted by molar-refractivity contribution is 0.0705. The number of benzene rings is 2. The molecule has 174 valence electrons. The number of piperidine rings is 1. The molecule has 1 fully saturated rings. The molecule has 33 heavy (non-hydrogen) atoms. The summed E-state index contributed by atoms with van der Waals surface area (Å²) < 4.78 is 28.3. The Morgan fingerprint density at radius 3 is 2.39 bits per heavy atom. The van der Waals surface area contributed by atoms with Gasteiger partial charge in [0.05, 0.1) is 17.1 Å². The van der Waals surface area contributed by atoms with Crippen molar-refractivity contribution in [2.75, 3.05) is 31.1 Å². The summed E-state index contributed by atoms with van der Waals surface area (Å²) in [6.45, 7) is 0.780. The van der Waals surface area contributed by atoms with Gasteiger partial charge >= 0.3 is 0 Å². The van der Waals surface area contributed by atoms with Crippen molar-refractivity contribution in [1.29, 1.82) is 0 Å². The lowest BCUT2D eigenvalue weighted by Crippen LogP contribution is -2.48. The van der Waals surface area contributed by atoms with Gasteiger partial charge in [-0.2, -0.15) is 4.31 Å². The van der Waals surface area contributed by atoms with E-state index in [1.807, 2.05) is 29.2 Å². The third-order valence-electron chi connectivity index (χ3n) is 5.80. The van der Waals surface area contributed by atoms with E-state index in [2.05, 4.69) is 9.97 Å². The molecule has 4 rings (SSSR count). The largest absolute Gasteiger partial charge is 0.395 e. The lowest BCUT2D eigenvalue weighted by Gasteiger charge is -2.37. The van der Waals surface area contributed by atoms with Gasteiger partial charge in [0.15, 0.2) is 0 Å². The van der Waals surface area contributed by atoms with Crippen molar-refractivity contribution in [3.8, 4) is 0 Å². The highest BCUT2D eigenvalue weighted by Gasteiger charge is 2.34. The molecule has 2 heterocycles. The Hall–Kier alpha value is -3.12. The highest BCUT2D eigenvalue weighted by Crippen LogP contribution is 2.27. The molecule has 1 saturated heterocycles. The third kappa shape index (κ3) is 4.81. The molecule has 0 unspecified atom stereocenters. The molecule has 1 aromatic heterocycles. The summed E-state index contributed by atoms with van der Waals surface area (Å²) in [5, 5.41) is 20.1. The van der Waals surface area contributed by atoms with Crippen LogP contribution < -0.4 is 10.4 Å². The van der Waals surface area contributed by atoms with E-state index in [1.165, 1.54) is 22.2 Å². The average molecular weight is 472 g/mol. The molecule has 1 aliphatic rings. The molecular formula is C22H25N5O5S. The number of hydroxylamine groups is 1. The normalized spacial score (nSPS) is 15.2. The quantitative estimate of drug-likeness (QED) is 0.348. The number of rotatable bonds is 7. The summed E-state index contributed by atoms with van der Waals surface area (Å²) in [5.41, 5.74) is 1.66. The molecule has 0 spiro atoms. The molecule has 3 aromatic rings. The van der Waals surface area contributed by atoms with Gasteiger partial charge in [-0.05, 0) is 35.7 Å². The van der Waals surface area contributed by atoms with Crippen LogP contribution in [-0.4, -0.2) is 71.2 Å². The van der Waals surface area contributed by atoms with Crippen LogP contribution >= 0.6 is 0 Å². The number of anilines is 1. The number of nitrogens with one attached hydrogen (secondary N) is 1. The number of aliphatic hydroxyl groups excluding tert-OH is 1. The van der Waals surface area contributed by atoms with Crippen LogP contribution in [-0.2, 0) is 10.0 Å². The van der Waals surface area contributed by atoms with Crippen LogP contribution in [0.5, 0.6) is 0 Å². The van der Waals surface area contributed by atoms with E-state index in [0.717, 1.165) is 10.8 Å². The van der Waals surface area contributed by atoms with E-state index in [-0.39, 0.29) is 29.7 Å². The molecular weight excluding hydrogens is 446 g/mol. The fourth-order valence-electron chi connectivity index (χ4n) is 4.08. The highest BCUT2D eigenvalue weighted by atomic mass is 32.2.